The first-order chi connectivity index (χ1) is 15.1. The summed E-state index contributed by atoms with van der Waals surface area (Å²) in [4.78, 5) is 16.7. The van der Waals surface area contributed by atoms with Crippen LogP contribution >= 0.6 is 0 Å². The van der Waals surface area contributed by atoms with E-state index in [0.717, 1.165) is 16.7 Å². The highest BCUT2D eigenvalue weighted by molar-refractivity contribution is 5.84. The Kier molecular flexibility index (Phi) is 5.38. The molecule has 2 heterocycles. The molecule has 2 aliphatic rings. The molecule has 4 rings (SSSR count). The summed E-state index contributed by atoms with van der Waals surface area (Å²) < 4.78 is 34.7. The zero-order valence-corrected chi connectivity index (χ0v) is 18.2. The minimum atomic E-state index is -3.08. The highest BCUT2D eigenvalue weighted by atomic mass is 19.3. The number of benzene rings is 1. The van der Waals surface area contributed by atoms with E-state index in [1.54, 1.807) is 31.3 Å². The maximum Gasteiger partial charge on any atom is 0.327 e. The quantitative estimate of drug-likeness (QED) is 0.715. The maximum absolute atomic E-state index is 14.7. The molecule has 0 spiro atoms. The van der Waals surface area contributed by atoms with Crippen molar-refractivity contribution in [2.75, 3.05) is 0 Å². The number of esters is 1. The lowest BCUT2D eigenvalue weighted by Crippen LogP contribution is -2.62. The second-order valence-electron chi connectivity index (χ2n) is 8.92. The van der Waals surface area contributed by atoms with Gasteiger partial charge in [0.15, 0.2) is 0 Å². The topological polar surface area (TPSA) is 89.0 Å². The van der Waals surface area contributed by atoms with Crippen LogP contribution in [-0.4, -0.2) is 28.5 Å². The molecule has 5 atom stereocenters. The van der Waals surface area contributed by atoms with Gasteiger partial charge >= 0.3 is 5.97 Å². The fourth-order valence-corrected chi connectivity index (χ4v) is 5.11. The number of halogens is 2. The van der Waals surface area contributed by atoms with Crippen molar-refractivity contribution < 1.29 is 18.3 Å². The summed E-state index contributed by atoms with van der Waals surface area (Å²) in [7, 11) is 0. The van der Waals surface area contributed by atoms with E-state index >= 15 is 0 Å². The van der Waals surface area contributed by atoms with Gasteiger partial charge in [0.1, 0.15) is 17.7 Å². The highest BCUT2D eigenvalue weighted by Crippen LogP contribution is 2.53. The first-order valence-electron chi connectivity index (χ1n) is 10.6. The van der Waals surface area contributed by atoms with E-state index < -0.39 is 47.7 Å². The van der Waals surface area contributed by atoms with Gasteiger partial charge in [-0.2, -0.15) is 5.26 Å². The fourth-order valence-electron chi connectivity index (χ4n) is 5.11. The summed E-state index contributed by atoms with van der Waals surface area (Å²) in [6.07, 6.45) is 3.78. The number of aromatic nitrogens is 1. The number of ether oxygens (including phenoxy) is 1. The molecule has 1 saturated heterocycles. The number of hydrogen-bond acceptors (Lipinski definition) is 5. The lowest BCUT2D eigenvalue weighted by Gasteiger charge is -2.45. The Hall–Kier alpha value is -3.11. The van der Waals surface area contributed by atoms with Crippen molar-refractivity contribution >= 4 is 12.0 Å². The van der Waals surface area contributed by atoms with E-state index in [-0.39, 0.29) is 0 Å². The molecule has 1 saturated carbocycles. The lowest BCUT2D eigenvalue weighted by molar-refractivity contribution is -0.155. The predicted molar refractivity (Wildman–Crippen MR) is 116 cm³/mol. The van der Waals surface area contributed by atoms with Gasteiger partial charge in [-0.3, -0.25) is 9.78 Å². The number of alkyl halides is 2. The predicted octanol–water partition coefficient (Wildman–Crippen LogP) is 4.49. The van der Waals surface area contributed by atoms with Crippen LogP contribution in [0, 0.1) is 36.0 Å². The second-order valence-corrected chi connectivity index (χ2v) is 8.92. The van der Waals surface area contributed by atoms with Crippen molar-refractivity contribution in [3.8, 4) is 17.2 Å². The Balaban J connectivity index is 1.63. The van der Waals surface area contributed by atoms with Crippen LogP contribution < -0.4 is 5.73 Å². The van der Waals surface area contributed by atoms with Gasteiger partial charge in [0.25, 0.3) is 5.92 Å². The molecule has 1 aromatic heterocycles. The third-order valence-corrected chi connectivity index (χ3v) is 6.93. The molecular formula is C25H25F2N3O2. The molecule has 0 amide bonds. The number of cyclic esters (lactones) is 1. The monoisotopic (exact) mass is 437 g/mol. The van der Waals surface area contributed by atoms with Crippen molar-refractivity contribution in [3.05, 3.63) is 59.4 Å². The molecule has 1 aliphatic heterocycles. The van der Waals surface area contributed by atoms with Crippen molar-refractivity contribution in [3.63, 3.8) is 0 Å². The van der Waals surface area contributed by atoms with E-state index in [1.807, 2.05) is 31.2 Å². The van der Waals surface area contributed by atoms with E-state index in [2.05, 4.69) is 11.1 Å². The Morgan fingerprint density at radius 2 is 2.03 bits per heavy atom. The van der Waals surface area contributed by atoms with Crippen LogP contribution in [0.1, 0.15) is 37.1 Å². The number of allylic oxidation sites excluding steroid dienone is 1. The zero-order valence-electron chi connectivity index (χ0n) is 18.2. The number of hydrogen-bond donors (Lipinski definition) is 1. The van der Waals surface area contributed by atoms with E-state index in [1.165, 1.54) is 6.92 Å². The molecule has 0 bridgehead atoms. The van der Waals surface area contributed by atoms with E-state index in [0.29, 0.717) is 11.3 Å². The number of carbonyl (C=O) groups is 1. The van der Waals surface area contributed by atoms with Gasteiger partial charge in [0.05, 0.1) is 11.3 Å². The van der Waals surface area contributed by atoms with Gasteiger partial charge in [0, 0.05) is 35.6 Å². The molecule has 32 heavy (non-hydrogen) atoms. The summed E-state index contributed by atoms with van der Waals surface area (Å²) >= 11 is 0. The van der Waals surface area contributed by atoms with E-state index in [4.69, 9.17) is 10.5 Å². The van der Waals surface area contributed by atoms with Crippen LogP contribution in [0.2, 0.25) is 0 Å². The number of nitrogens with zero attached hydrogens (tertiary/aromatic N) is 2. The van der Waals surface area contributed by atoms with Gasteiger partial charge in [-0.25, -0.2) is 8.78 Å². The summed E-state index contributed by atoms with van der Waals surface area (Å²) in [6.45, 7) is 5.07. The van der Waals surface area contributed by atoms with Gasteiger partial charge in [-0.1, -0.05) is 37.3 Å². The number of nitrogens with two attached hydrogens (primary N) is 1. The zero-order chi connectivity index (χ0) is 23.3. The molecule has 7 heteroatoms. The van der Waals surface area contributed by atoms with Crippen molar-refractivity contribution in [1.82, 2.24) is 4.98 Å². The molecule has 0 unspecified atom stereocenters. The SMILES string of the molecule is Cc1cccc(-c2ccc(/C=C/[C@@H]3[C@@H]4[C@@H](C)OC(=O)[C@]4(N)CC(F)(F)[C@H]3C)nc2)c1C#N. The summed E-state index contributed by atoms with van der Waals surface area (Å²) in [5.41, 5.74) is 8.14. The van der Waals surface area contributed by atoms with E-state index in [9.17, 15) is 18.8 Å². The minimum absolute atomic E-state index is 0.536. The van der Waals surface area contributed by atoms with Gasteiger partial charge in [-0.05, 0) is 37.5 Å². The first kappa shape index (κ1) is 22.1. The Labute approximate surface area is 185 Å². The van der Waals surface area contributed by atoms with Crippen LogP contribution in [0.4, 0.5) is 8.78 Å². The second kappa shape index (κ2) is 7.79. The Bertz CT molecular complexity index is 1120. The molecule has 5 nitrogen and oxygen atoms in total. The average molecular weight is 437 g/mol. The maximum atomic E-state index is 14.7. The average Bonchev–Trinajstić information content (AvgIpc) is 2.96. The molecule has 1 aliphatic carbocycles. The molecule has 2 aromatic rings. The normalized spacial score (nSPS) is 31.2. The minimum Gasteiger partial charge on any atom is -0.461 e. The highest BCUT2D eigenvalue weighted by Gasteiger charge is 2.66. The smallest absolute Gasteiger partial charge is 0.327 e. The molecule has 166 valence electrons. The summed E-state index contributed by atoms with van der Waals surface area (Å²) in [5.74, 6) is -6.02. The molecule has 1 aromatic carbocycles. The number of aryl methyl sites for hydroxylation is 1. The van der Waals surface area contributed by atoms with Crippen LogP contribution in [0.25, 0.3) is 17.2 Å². The third kappa shape index (κ3) is 3.49. The largest absolute Gasteiger partial charge is 0.461 e. The number of nitriles is 1. The van der Waals surface area contributed by atoms with Gasteiger partial charge in [-0.15, -0.1) is 0 Å². The molecule has 0 radical (unpaired) electrons. The third-order valence-electron chi connectivity index (χ3n) is 6.93. The van der Waals surface area contributed by atoms with Crippen molar-refractivity contribution in [1.29, 1.82) is 5.26 Å². The Morgan fingerprint density at radius 1 is 1.28 bits per heavy atom. The number of carbonyl (C=O) groups excluding carboxylic acids is 1. The van der Waals surface area contributed by atoms with Crippen LogP contribution in [0.15, 0.2) is 42.6 Å². The van der Waals surface area contributed by atoms with Crippen LogP contribution in [-0.2, 0) is 9.53 Å². The summed E-state index contributed by atoms with van der Waals surface area (Å²) in [6, 6.07) is 11.5. The molecular weight excluding hydrogens is 412 g/mol. The molecule has 2 N–H and O–H groups in total. The standard InChI is InChI=1S/C25H25F2N3O2/c1-14-5-4-6-20(21(14)11-28)17-7-8-18(30-12-17)9-10-19-15(2)25(26,27)13-24(29)22(19)16(3)32-23(24)31/h4-10,12,15-16,19,22H,13,29H2,1-3H3/b10-9+/t15-,16+,19-,22-,24-/m0/s1. The van der Waals surface area contributed by atoms with Crippen LogP contribution in [0.3, 0.4) is 0 Å². The lowest BCUT2D eigenvalue weighted by atomic mass is 9.61. The summed E-state index contributed by atoms with van der Waals surface area (Å²) in [5, 5.41) is 9.46. The van der Waals surface area contributed by atoms with Crippen molar-refractivity contribution in [2.24, 2.45) is 23.5 Å². The van der Waals surface area contributed by atoms with Crippen LogP contribution in [0.5, 0.6) is 0 Å². The number of rotatable bonds is 3. The number of fused-ring (bicyclic) bond motifs is 1. The van der Waals surface area contributed by atoms with Crippen molar-refractivity contribution in [2.45, 2.75) is 44.8 Å². The fraction of sp³-hybridized carbons (Fsp3) is 0.400. The number of pyridine rings is 1. The Morgan fingerprint density at radius 3 is 2.69 bits per heavy atom. The molecule has 2 fully saturated rings. The van der Waals surface area contributed by atoms with Gasteiger partial charge < -0.3 is 10.5 Å². The van der Waals surface area contributed by atoms with Gasteiger partial charge in [0.2, 0.25) is 0 Å². The first-order valence-corrected chi connectivity index (χ1v) is 10.6.